The number of nitrogens with one attached hydrogen (secondary N) is 1. The van der Waals surface area contributed by atoms with Crippen LogP contribution in [0, 0.1) is 0 Å². The van der Waals surface area contributed by atoms with Gasteiger partial charge in [-0.05, 0) is 11.6 Å². The molecule has 0 aliphatic carbocycles. The van der Waals surface area contributed by atoms with Gasteiger partial charge in [-0.25, -0.2) is 0 Å². The van der Waals surface area contributed by atoms with E-state index in [1.165, 1.54) is 24.3 Å². The van der Waals surface area contributed by atoms with Gasteiger partial charge in [-0.2, -0.15) is 13.2 Å². The molecule has 1 aromatic rings. The molecule has 0 radical (unpaired) electrons. The van der Waals surface area contributed by atoms with Gasteiger partial charge in [0.15, 0.2) is 5.60 Å². The minimum Gasteiger partial charge on any atom is -0.376 e. The van der Waals surface area contributed by atoms with Crippen LogP contribution in [0.25, 0.3) is 0 Å². The second-order valence-corrected chi connectivity index (χ2v) is 3.97. The number of carbonyl (C=O) groups is 1. The number of hydrogen-bond acceptors (Lipinski definition) is 2. The second kappa shape index (κ2) is 5.88. The second-order valence-electron chi connectivity index (χ2n) is 3.97. The maximum Gasteiger partial charge on any atom is 0.421 e. The van der Waals surface area contributed by atoms with E-state index in [4.69, 9.17) is 0 Å². The number of benzene rings is 1. The number of carbonyl (C=O) groups excluding carboxylic acids is 1. The average molecular weight is 273 g/mol. The molecule has 2 N–H and O–H groups in total. The Hall–Kier alpha value is -1.82. The Morgan fingerprint density at radius 1 is 1.32 bits per heavy atom. The molecular formula is C13H14F3NO2. The van der Waals surface area contributed by atoms with E-state index in [-0.39, 0.29) is 12.1 Å². The van der Waals surface area contributed by atoms with E-state index in [1.54, 1.807) is 6.07 Å². The SMILES string of the molecule is C=CC(=O)NCC[C@](O)(c1ccccc1)C(F)(F)F. The highest BCUT2D eigenvalue weighted by molar-refractivity contribution is 5.86. The molecular weight excluding hydrogens is 259 g/mol. The van der Waals surface area contributed by atoms with Crippen LogP contribution >= 0.6 is 0 Å². The molecule has 1 aromatic carbocycles. The van der Waals surface area contributed by atoms with Crippen molar-refractivity contribution in [3.05, 3.63) is 48.6 Å². The van der Waals surface area contributed by atoms with Crippen LogP contribution in [-0.2, 0) is 10.4 Å². The van der Waals surface area contributed by atoms with Gasteiger partial charge in [0.2, 0.25) is 5.91 Å². The van der Waals surface area contributed by atoms with Crippen molar-refractivity contribution in [2.45, 2.75) is 18.2 Å². The first-order valence-corrected chi connectivity index (χ1v) is 5.56. The third-order valence-corrected chi connectivity index (χ3v) is 2.69. The molecule has 0 unspecified atom stereocenters. The van der Waals surface area contributed by atoms with Crippen molar-refractivity contribution in [3.63, 3.8) is 0 Å². The topological polar surface area (TPSA) is 49.3 Å². The van der Waals surface area contributed by atoms with Gasteiger partial charge in [0.05, 0.1) is 0 Å². The molecule has 0 aliphatic rings. The maximum absolute atomic E-state index is 13.0. The van der Waals surface area contributed by atoms with Crippen LogP contribution < -0.4 is 5.32 Å². The lowest BCUT2D eigenvalue weighted by molar-refractivity contribution is -0.268. The van der Waals surface area contributed by atoms with Crippen molar-refractivity contribution >= 4 is 5.91 Å². The van der Waals surface area contributed by atoms with Gasteiger partial charge >= 0.3 is 6.18 Å². The predicted octanol–water partition coefficient (Wildman–Crippen LogP) is 2.13. The predicted molar refractivity (Wildman–Crippen MR) is 64.2 cm³/mol. The lowest BCUT2D eigenvalue weighted by Gasteiger charge is -2.31. The van der Waals surface area contributed by atoms with E-state index in [0.717, 1.165) is 6.08 Å². The molecule has 1 amide bonds. The third kappa shape index (κ3) is 3.57. The summed E-state index contributed by atoms with van der Waals surface area (Å²) in [6, 6.07) is 6.77. The summed E-state index contributed by atoms with van der Waals surface area (Å²) < 4.78 is 39.0. The van der Waals surface area contributed by atoms with Gasteiger partial charge in [-0.1, -0.05) is 36.9 Å². The van der Waals surface area contributed by atoms with Gasteiger partial charge in [-0.15, -0.1) is 0 Å². The molecule has 0 fully saturated rings. The first-order valence-electron chi connectivity index (χ1n) is 5.56. The van der Waals surface area contributed by atoms with Crippen molar-refractivity contribution in [2.75, 3.05) is 6.54 Å². The highest BCUT2D eigenvalue weighted by atomic mass is 19.4. The van der Waals surface area contributed by atoms with Crippen molar-refractivity contribution in [1.82, 2.24) is 5.32 Å². The zero-order valence-electron chi connectivity index (χ0n) is 10.1. The van der Waals surface area contributed by atoms with E-state index < -0.39 is 24.1 Å². The van der Waals surface area contributed by atoms with E-state index in [9.17, 15) is 23.1 Å². The molecule has 19 heavy (non-hydrogen) atoms. The molecule has 0 saturated carbocycles. The van der Waals surface area contributed by atoms with Crippen molar-refractivity contribution < 1.29 is 23.1 Å². The Kier molecular flexibility index (Phi) is 4.72. The van der Waals surface area contributed by atoms with Crippen LogP contribution in [0.2, 0.25) is 0 Å². The number of rotatable bonds is 5. The summed E-state index contributed by atoms with van der Waals surface area (Å²) in [6.45, 7) is 2.88. The fourth-order valence-corrected chi connectivity index (χ4v) is 1.60. The fraction of sp³-hybridized carbons (Fsp3) is 0.308. The first-order chi connectivity index (χ1) is 8.81. The Bertz CT molecular complexity index is 445. The number of halogens is 3. The molecule has 0 spiro atoms. The molecule has 0 heterocycles. The third-order valence-electron chi connectivity index (χ3n) is 2.69. The Labute approximate surface area is 108 Å². The zero-order chi connectivity index (χ0) is 14.5. The molecule has 0 bridgehead atoms. The van der Waals surface area contributed by atoms with Crippen molar-refractivity contribution in [3.8, 4) is 0 Å². The Morgan fingerprint density at radius 2 is 1.89 bits per heavy atom. The standard InChI is InChI=1S/C13H14F3NO2/c1-2-11(18)17-9-8-12(19,13(14,15)16)10-6-4-3-5-7-10/h2-7,19H,1,8-9H2,(H,17,18)/t12-/m0/s1. The smallest absolute Gasteiger partial charge is 0.376 e. The summed E-state index contributed by atoms with van der Waals surface area (Å²) in [5.41, 5.74) is -3.24. The first kappa shape index (κ1) is 15.2. The van der Waals surface area contributed by atoms with Crippen molar-refractivity contribution in [1.29, 1.82) is 0 Å². The Balaban J connectivity index is 2.90. The largest absolute Gasteiger partial charge is 0.421 e. The van der Waals surface area contributed by atoms with Crippen LogP contribution in [0.15, 0.2) is 43.0 Å². The molecule has 6 heteroatoms. The number of hydrogen-bond donors (Lipinski definition) is 2. The van der Waals surface area contributed by atoms with Crippen LogP contribution in [0.4, 0.5) is 13.2 Å². The number of amides is 1. The quantitative estimate of drug-likeness (QED) is 0.807. The normalized spacial score (nSPS) is 14.5. The van der Waals surface area contributed by atoms with Crippen LogP contribution in [0.1, 0.15) is 12.0 Å². The number of alkyl halides is 3. The summed E-state index contributed by atoms with van der Waals surface area (Å²) in [6.07, 6.45) is -4.54. The molecule has 1 rings (SSSR count). The zero-order valence-corrected chi connectivity index (χ0v) is 10.1. The minimum absolute atomic E-state index is 0.254. The van der Waals surface area contributed by atoms with E-state index >= 15 is 0 Å². The van der Waals surface area contributed by atoms with E-state index in [0.29, 0.717) is 0 Å². The lowest BCUT2D eigenvalue weighted by Crippen LogP contribution is -2.44. The summed E-state index contributed by atoms with van der Waals surface area (Å²) in [7, 11) is 0. The van der Waals surface area contributed by atoms with Gasteiger partial charge in [0, 0.05) is 13.0 Å². The summed E-state index contributed by atoms with van der Waals surface area (Å²) in [5, 5.41) is 12.1. The van der Waals surface area contributed by atoms with Crippen molar-refractivity contribution in [2.24, 2.45) is 0 Å². The molecule has 104 valence electrons. The highest BCUT2D eigenvalue weighted by Crippen LogP contribution is 2.41. The summed E-state index contributed by atoms with van der Waals surface area (Å²) in [4.78, 5) is 10.9. The Morgan fingerprint density at radius 3 is 2.37 bits per heavy atom. The van der Waals surface area contributed by atoms with Gasteiger partial charge < -0.3 is 10.4 Å². The molecule has 0 aromatic heterocycles. The van der Waals surface area contributed by atoms with Crippen LogP contribution in [0.3, 0.4) is 0 Å². The molecule has 1 atom stereocenters. The molecule has 3 nitrogen and oxygen atoms in total. The monoisotopic (exact) mass is 273 g/mol. The van der Waals surface area contributed by atoms with Gasteiger partial charge in [0.25, 0.3) is 0 Å². The lowest BCUT2D eigenvalue weighted by atomic mass is 9.89. The van der Waals surface area contributed by atoms with E-state index in [2.05, 4.69) is 11.9 Å². The summed E-state index contributed by atoms with van der Waals surface area (Å²) >= 11 is 0. The fourth-order valence-electron chi connectivity index (χ4n) is 1.60. The van der Waals surface area contributed by atoms with E-state index in [1.807, 2.05) is 0 Å². The maximum atomic E-state index is 13.0. The average Bonchev–Trinajstić information content (AvgIpc) is 2.38. The van der Waals surface area contributed by atoms with Crippen LogP contribution in [0.5, 0.6) is 0 Å². The highest BCUT2D eigenvalue weighted by Gasteiger charge is 2.54. The van der Waals surface area contributed by atoms with Crippen LogP contribution in [-0.4, -0.2) is 23.7 Å². The molecule has 0 aliphatic heterocycles. The molecule has 0 saturated heterocycles. The summed E-state index contributed by atoms with van der Waals surface area (Å²) in [5.74, 6) is -0.586. The minimum atomic E-state index is -4.83. The number of aliphatic hydroxyl groups is 1. The van der Waals surface area contributed by atoms with Gasteiger partial charge in [0.1, 0.15) is 0 Å². The van der Waals surface area contributed by atoms with Gasteiger partial charge in [-0.3, -0.25) is 4.79 Å².